The van der Waals surface area contributed by atoms with Crippen LogP contribution < -0.4 is 5.32 Å². The fraction of sp³-hybridized carbons (Fsp3) is 0. The molecule has 1 aromatic heterocycles. The Labute approximate surface area is 118 Å². The van der Waals surface area contributed by atoms with Crippen LogP contribution in [0.1, 0.15) is 10.5 Å². The number of rotatable bonds is 2. The topological polar surface area (TPSA) is 44.9 Å². The smallest absolute Gasteiger partial charge is 0.272 e. The van der Waals surface area contributed by atoms with E-state index in [2.05, 4.69) is 42.2 Å². The molecule has 1 amide bonds. The second kappa shape index (κ2) is 5.19. The van der Waals surface area contributed by atoms with Crippen LogP contribution in [0.4, 0.5) is 14.5 Å². The molecule has 0 unspecified atom stereocenters. The zero-order valence-electron chi connectivity index (χ0n) is 8.73. The number of nitrogens with one attached hydrogen (secondary N) is 2. The van der Waals surface area contributed by atoms with Crippen LogP contribution in [-0.4, -0.2) is 10.9 Å². The van der Waals surface area contributed by atoms with E-state index in [0.717, 1.165) is 0 Å². The van der Waals surface area contributed by atoms with Crippen molar-refractivity contribution in [3.8, 4) is 0 Å². The van der Waals surface area contributed by atoms with Gasteiger partial charge in [-0.3, -0.25) is 4.79 Å². The largest absolute Gasteiger partial charge is 0.356 e. The molecule has 0 atom stereocenters. The number of anilines is 1. The highest BCUT2D eigenvalue weighted by molar-refractivity contribution is 9.10. The van der Waals surface area contributed by atoms with E-state index in [-0.39, 0.29) is 15.9 Å². The Hall–Kier alpha value is -1.21. The summed E-state index contributed by atoms with van der Waals surface area (Å²) >= 11 is 6.10. The second-order valence-electron chi connectivity index (χ2n) is 3.43. The SMILES string of the molecule is O=C(Nc1cc(Br)c(F)cc1F)c1cc(Br)c[nH]1. The first-order valence-electron chi connectivity index (χ1n) is 4.77. The van der Waals surface area contributed by atoms with Crippen molar-refractivity contribution in [1.82, 2.24) is 4.98 Å². The highest BCUT2D eigenvalue weighted by atomic mass is 79.9. The highest BCUT2D eigenvalue weighted by Gasteiger charge is 2.13. The van der Waals surface area contributed by atoms with E-state index in [9.17, 15) is 13.6 Å². The van der Waals surface area contributed by atoms with Gasteiger partial charge < -0.3 is 10.3 Å². The van der Waals surface area contributed by atoms with Crippen LogP contribution in [0.15, 0.2) is 33.3 Å². The van der Waals surface area contributed by atoms with Gasteiger partial charge in [0.2, 0.25) is 0 Å². The highest BCUT2D eigenvalue weighted by Crippen LogP contribution is 2.24. The molecule has 7 heteroatoms. The predicted octanol–water partition coefficient (Wildman–Crippen LogP) is 4.07. The van der Waals surface area contributed by atoms with Crippen molar-refractivity contribution in [3.63, 3.8) is 0 Å². The number of aromatic nitrogens is 1. The lowest BCUT2D eigenvalue weighted by Gasteiger charge is -2.06. The molecule has 2 rings (SSSR count). The van der Waals surface area contributed by atoms with E-state index < -0.39 is 17.5 Å². The Bertz CT molecular complexity index is 613. The van der Waals surface area contributed by atoms with Crippen LogP contribution >= 0.6 is 31.9 Å². The third-order valence-electron chi connectivity index (χ3n) is 2.15. The van der Waals surface area contributed by atoms with Gasteiger partial charge in [0.1, 0.15) is 17.3 Å². The molecule has 2 aromatic rings. The molecule has 2 N–H and O–H groups in total. The second-order valence-corrected chi connectivity index (χ2v) is 5.20. The molecule has 0 bridgehead atoms. The van der Waals surface area contributed by atoms with Gasteiger partial charge in [0, 0.05) is 16.7 Å². The van der Waals surface area contributed by atoms with E-state index in [1.165, 1.54) is 6.07 Å². The normalized spacial score (nSPS) is 10.4. The Morgan fingerprint density at radius 1 is 1.17 bits per heavy atom. The standard InChI is InChI=1S/C11H6Br2F2N2O/c12-5-1-10(16-4-5)11(18)17-9-2-6(13)7(14)3-8(9)15/h1-4,16H,(H,17,18). The summed E-state index contributed by atoms with van der Waals surface area (Å²) in [5, 5.41) is 2.35. The van der Waals surface area contributed by atoms with Crippen LogP contribution in [0.3, 0.4) is 0 Å². The molecule has 1 heterocycles. The van der Waals surface area contributed by atoms with E-state index in [1.54, 1.807) is 12.3 Å². The zero-order chi connectivity index (χ0) is 13.3. The monoisotopic (exact) mass is 378 g/mol. The number of hydrogen-bond acceptors (Lipinski definition) is 1. The van der Waals surface area contributed by atoms with Crippen molar-refractivity contribution in [3.05, 3.63) is 50.7 Å². The number of carbonyl (C=O) groups is 1. The van der Waals surface area contributed by atoms with Crippen molar-refractivity contribution >= 4 is 43.5 Å². The van der Waals surface area contributed by atoms with Gasteiger partial charge in [-0.2, -0.15) is 0 Å². The lowest BCUT2D eigenvalue weighted by atomic mass is 10.3. The fourth-order valence-corrected chi connectivity index (χ4v) is 1.99. The van der Waals surface area contributed by atoms with Crippen molar-refractivity contribution in [2.45, 2.75) is 0 Å². The zero-order valence-corrected chi connectivity index (χ0v) is 11.9. The van der Waals surface area contributed by atoms with Crippen LogP contribution in [0.25, 0.3) is 0 Å². The summed E-state index contributed by atoms with van der Waals surface area (Å²) in [5.41, 5.74) is 0.167. The lowest BCUT2D eigenvalue weighted by molar-refractivity contribution is 0.102. The maximum absolute atomic E-state index is 13.4. The van der Waals surface area contributed by atoms with Gasteiger partial charge >= 0.3 is 0 Å². The third kappa shape index (κ3) is 2.78. The van der Waals surface area contributed by atoms with E-state index in [4.69, 9.17) is 0 Å². The number of H-pyrrole nitrogens is 1. The molecular weight excluding hydrogens is 374 g/mol. The van der Waals surface area contributed by atoms with Crippen molar-refractivity contribution in [1.29, 1.82) is 0 Å². The molecular formula is C11H6Br2F2N2O. The molecule has 18 heavy (non-hydrogen) atoms. The van der Waals surface area contributed by atoms with E-state index in [1.807, 2.05) is 0 Å². The summed E-state index contributed by atoms with van der Waals surface area (Å²) in [7, 11) is 0. The minimum Gasteiger partial charge on any atom is -0.356 e. The number of aromatic amines is 1. The molecule has 0 radical (unpaired) electrons. The third-order valence-corrected chi connectivity index (χ3v) is 3.22. The molecule has 0 aliphatic carbocycles. The molecule has 0 saturated carbocycles. The van der Waals surface area contributed by atoms with Gasteiger partial charge in [0.25, 0.3) is 5.91 Å². The van der Waals surface area contributed by atoms with Gasteiger partial charge in [-0.25, -0.2) is 8.78 Å². The first-order chi connectivity index (χ1) is 8.47. The first kappa shape index (κ1) is 13.2. The van der Waals surface area contributed by atoms with Crippen LogP contribution in [0.5, 0.6) is 0 Å². The predicted molar refractivity (Wildman–Crippen MR) is 70.5 cm³/mol. The molecule has 0 aliphatic heterocycles. The average Bonchev–Trinajstić information content (AvgIpc) is 2.73. The van der Waals surface area contributed by atoms with Crippen molar-refractivity contribution < 1.29 is 13.6 Å². The van der Waals surface area contributed by atoms with E-state index in [0.29, 0.717) is 10.5 Å². The maximum atomic E-state index is 13.4. The minimum atomic E-state index is -0.838. The van der Waals surface area contributed by atoms with Crippen molar-refractivity contribution in [2.24, 2.45) is 0 Å². The summed E-state index contributed by atoms with van der Waals surface area (Å²) < 4.78 is 27.2. The molecule has 0 spiro atoms. The molecule has 3 nitrogen and oxygen atoms in total. The van der Waals surface area contributed by atoms with Crippen LogP contribution in [-0.2, 0) is 0 Å². The van der Waals surface area contributed by atoms with Gasteiger partial charge in [0.05, 0.1) is 10.2 Å². The average molecular weight is 380 g/mol. The van der Waals surface area contributed by atoms with Gasteiger partial charge in [-0.15, -0.1) is 0 Å². The summed E-state index contributed by atoms with van der Waals surface area (Å²) in [6.07, 6.45) is 1.58. The molecule has 0 saturated heterocycles. The van der Waals surface area contributed by atoms with Crippen molar-refractivity contribution in [2.75, 3.05) is 5.32 Å². The number of hydrogen-bond donors (Lipinski definition) is 2. The van der Waals surface area contributed by atoms with Gasteiger partial charge in [-0.1, -0.05) is 0 Å². The molecule has 0 aliphatic rings. The molecule has 1 aromatic carbocycles. The number of benzene rings is 1. The Balaban J connectivity index is 2.24. The van der Waals surface area contributed by atoms with Crippen LogP contribution in [0, 0.1) is 11.6 Å². The quantitative estimate of drug-likeness (QED) is 0.759. The lowest BCUT2D eigenvalue weighted by Crippen LogP contribution is -2.13. The van der Waals surface area contributed by atoms with Crippen LogP contribution in [0.2, 0.25) is 0 Å². The summed E-state index contributed by atoms with van der Waals surface area (Å²) in [6, 6.07) is 3.41. The summed E-state index contributed by atoms with van der Waals surface area (Å²) in [4.78, 5) is 14.4. The number of halogens is 4. The Kier molecular flexibility index (Phi) is 3.82. The molecule has 0 fully saturated rings. The number of amides is 1. The van der Waals surface area contributed by atoms with Gasteiger partial charge in [-0.05, 0) is 44.0 Å². The Morgan fingerprint density at radius 3 is 2.50 bits per heavy atom. The Morgan fingerprint density at radius 2 is 1.89 bits per heavy atom. The van der Waals surface area contributed by atoms with E-state index >= 15 is 0 Å². The maximum Gasteiger partial charge on any atom is 0.272 e. The summed E-state index contributed by atoms with van der Waals surface area (Å²) in [6.45, 7) is 0. The fourth-order valence-electron chi connectivity index (χ4n) is 1.31. The first-order valence-corrected chi connectivity index (χ1v) is 6.36. The minimum absolute atomic E-state index is 0.0758. The van der Waals surface area contributed by atoms with Gasteiger partial charge in [0.15, 0.2) is 0 Å². The molecule has 94 valence electrons. The summed E-state index contributed by atoms with van der Waals surface area (Å²) in [5.74, 6) is -2.08. The number of carbonyl (C=O) groups excluding carboxylic acids is 1.